The third-order valence-corrected chi connectivity index (χ3v) is 4.47. The molecule has 0 radical (unpaired) electrons. The zero-order valence-corrected chi connectivity index (χ0v) is 12.0. The quantitative estimate of drug-likeness (QED) is 0.828. The molecule has 19 heavy (non-hydrogen) atoms. The Morgan fingerprint density at radius 3 is 2.84 bits per heavy atom. The Morgan fingerprint density at radius 1 is 1.32 bits per heavy atom. The molecule has 0 aliphatic carbocycles. The zero-order valence-electron chi connectivity index (χ0n) is 11.3. The van der Waals surface area contributed by atoms with Crippen LogP contribution in [0.15, 0.2) is 18.5 Å². The molecule has 4 nitrogen and oxygen atoms in total. The monoisotopic (exact) mass is 281 g/mol. The van der Waals surface area contributed by atoms with Crippen molar-refractivity contribution in [3.63, 3.8) is 0 Å². The summed E-state index contributed by atoms with van der Waals surface area (Å²) in [7, 11) is 0. The molecule has 2 fully saturated rings. The maximum Gasteiger partial charge on any atom is 0.0822 e. The Hall–Kier alpha value is -0.840. The van der Waals surface area contributed by atoms with Gasteiger partial charge in [-0.15, -0.1) is 0 Å². The number of hydrogen-bond donors (Lipinski definition) is 0. The van der Waals surface area contributed by atoms with Gasteiger partial charge in [0.2, 0.25) is 0 Å². The smallest absolute Gasteiger partial charge is 0.0822 e. The molecular formula is C14H20ClN3O. The molecule has 0 bridgehead atoms. The summed E-state index contributed by atoms with van der Waals surface area (Å²) < 4.78 is 5.44. The molecular weight excluding hydrogens is 262 g/mol. The molecule has 0 unspecified atom stereocenters. The van der Waals surface area contributed by atoms with E-state index in [1.165, 1.54) is 0 Å². The molecule has 104 valence electrons. The van der Waals surface area contributed by atoms with Crippen LogP contribution in [0.1, 0.15) is 6.92 Å². The van der Waals surface area contributed by atoms with Crippen LogP contribution < -0.4 is 4.90 Å². The Balaban J connectivity index is 1.72. The van der Waals surface area contributed by atoms with Gasteiger partial charge < -0.3 is 9.64 Å². The molecule has 0 amide bonds. The lowest BCUT2D eigenvalue weighted by molar-refractivity contribution is 0.0134. The van der Waals surface area contributed by atoms with Crippen LogP contribution in [-0.2, 0) is 4.74 Å². The van der Waals surface area contributed by atoms with E-state index in [9.17, 15) is 0 Å². The van der Waals surface area contributed by atoms with Crippen molar-refractivity contribution in [3.05, 3.63) is 23.5 Å². The summed E-state index contributed by atoms with van der Waals surface area (Å²) in [4.78, 5) is 9.00. The molecule has 0 saturated carbocycles. The SMILES string of the molecule is C[C@@H]1CN(c2ccncc2Cl)C[C@H]1N1CCOCC1. The Bertz CT molecular complexity index is 436. The molecule has 1 aromatic rings. The van der Waals surface area contributed by atoms with E-state index in [-0.39, 0.29) is 0 Å². The van der Waals surface area contributed by atoms with Crippen molar-refractivity contribution in [3.8, 4) is 0 Å². The van der Waals surface area contributed by atoms with Crippen LogP contribution in [0.5, 0.6) is 0 Å². The van der Waals surface area contributed by atoms with Gasteiger partial charge in [-0.3, -0.25) is 9.88 Å². The number of hydrogen-bond acceptors (Lipinski definition) is 4. The first-order valence-electron chi connectivity index (χ1n) is 6.92. The third-order valence-electron chi connectivity index (χ3n) is 4.18. The predicted octanol–water partition coefficient (Wildman–Crippen LogP) is 1.89. The van der Waals surface area contributed by atoms with Gasteiger partial charge in [0.15, 0.2) is 0 Å². The van der Waals surface area contributed by atoms with E-state index in [2.05, 4.69) is 21.7 Å². The summed E-state index contributed by atoms with van der Waals surface area (Å²) in [5.41, 5.74) is 1.11. The first-order chi connectivity index (χ1) is 9.25. The molecule has 0 spiro atoms. The Kier molecular flexibility index (Phi) is 3.91. The zero-order chi connectivity index (χ0) is 13.2. The molecule has 2 atom stereocenters. The van der Waals surface area contributed by atoms with Crippen LogP contribution in [0, 0.1) is 5.92 Å². The number of nitrogens with zero attached hydrogens (tertiary/aromatic N) is 3. The van der Waals surface area contributed by atoms with Gasteiger partial charge in [-0.25, -0.2) is 0 Å². The van der Waals surface area contributed by atoms with Crippen molar-refractivity contribution in [2.24, 2.45) is 5.92 Å². The summed E-state index contributed by atoms with van der Waals surface area (Å²) in [6, 6.07) is 2.62. The second-order valence-corrected chi connectivity index (χ2v) is 5.83. The second kappa shape index (κ2) is 5.65. The van der Waals surface area contributed by atoms with E-state index in [4.69, 9.17) is 16.3 Å². The summed E-state index contributed by atoms with van der Waals surface area (Å²) in [6.45, 7) is 8.25. The number of ether oxygens (including phenoxy) is 1. The lowest BCUT2D eigenvalue weighted by Gasteiger charge is -2.34. The van der Waals surface area contributed by atoms with Gasteiger partial charge in [-0.2, -0.15) is 0 Å². The maximum atomic E-state index is 6.25. The first-order valence-corrected chi connectivity index (χ1v) is 7.30. The van der Waals surface area contributed by atoms with Crippen molar-refractivity contribution in [1.29, 1.82) is 0 Å². The molecule has 3 heterocycles. The fraction of sp³-hybridized carbons (Fsp3) is 0.643. The topological polar surface area (TPSA) is 28.6 Å². The molecule has 0 N–H and O–H groups in total. The van der Waals surface area contributed by atoms with E-state index in [0.717, 1.165) is 50.1 Å². The average molecular weight is 282 g/mol. The first kappa shape index (κ1) is 13.2. The number of halogens is 1. The van der Waals surface area contributed by atoms with Gasteiger partial charge in [0, 0.05) is 44.6 Å². The van der Waals surface area contributed by atoms with Crippen molar-refractivity contribution >= 4 is 17.3 Å². The fourth-order valence-electron chi connectivity index (χ4n) is 3.16. The van der Waals surface area contributed by atoms with Crippen LogP contribution in [0.25, 0.3) is 0 Å². The molecule has 0 aromatic carbocycles. The van der Waals surface area contributed by atoms with Crippen molar-refractivity contribution in [2.75, 3.05) is 44.3 Å². The summed E-state index contributed by atoms with van der Waals surface area (Å²) in [6.07, 6.45) is 3.54. The van der Waals surface area contributed by atoms with Gasteiger partial charge in [0.25, 0.3) is 0 Å². The van der Waals surface area contributed by atoms with Gasteiger partial charge in [0.1, 0.15) is 0 Å². The molecule has 1 aromatic heterocycles. The highest BCUT2D eigenvalue weighted by atomic mass is 35.5. The van der Waals surface area contributed by atoms with Gasteiger partial charge in [0.05, 0.1) is 23.9 Å². The van der Waals surface area contributed by atoms with Gasteiger partial charge in [-0.1, -0.05) is 18.5 Å². The number of pyridine rings is 1. The summed E-state index contributed by atoms with van der Waals surface area (Å²) in [5, 5.41) is 0.748. The van der Waals surface area contributed by atoms with Crippen molar-refractivity contribution in [2.45, 2.75) is 13.0 Å². The Morgan fingerprint density at radius 2 is 2.11 bits per heavy atom. The largest absolute Gasteiger partial charge is 0.379 e. The number of rotatable bonds is 2. The van der Waals surface area contributed by atoms with Crippen LogP contribution in [-0.4, -0.2) is 55.3 Å². The van der Waals surface area contributed by atoms with Crippen molar-refractivity contribution < 1.29 is 4.74 Å². The van der Waals surface area contributed by atoms with E-state index in [0.29, 0.717) is 12.0 Å². The van der Waals surface area contributed by atoms with Crippen LogP contribution in [0.3, 0.4) is 0 Å². The average Bonchev–Trinajstić information content (AvgIpc) is 2.82. The van der Waals surface area contributed by atoms with Crippen LogP contribution in [0.2, 0.25) is 5.02 Å². The Labute approximate surface area is 119 Å². The predicted molar refractivity (Wildman–Crippen MR) is 76.8 cm³/mol. The minimum absolute atomic E-state index is 0.605. The third kappa shape index (κ3) is 2.71. The summed E-state index contributed by atoms with van der Waals surface area (Å²) >= 11 is 6.25. The molecule has 2 aliphatic heterocycles. The van der Waals surface area contributed by atoms with Gasteiger partial charge >= 0.3 is 0 Å². The van der Waals surface area contributed by atoms with E-state index >= 15 is 0 Å². The number of anilines is 1. The lowest BCUT2D eigenvalue weighted by atomic mass is 10.0. The van der Waals surface area contributed by atoms with E-state index in [1.807, 2.05) is 12.3 Å². The molecule has 2 saturated heterocycles. The lowest BCUT2D eigenvalue weighted by Crippen LogP contribution is -2.46. The van der Waals surface area contributed by atoms with Crippen LogP contribution in [0.4, 0.5) is 5.69 Å². The summed E-state index contributed by atoms with van der Waals surface area (Å²) in [5.74, 6) is 0.655. The maximum absolute atomic E-state index is 6.25. The normalized spacial score (nSPS) is 28.8. The van der Waals surface area contributed by atoms with Crippen molar-refractivity contribution in [1.82, 2.24) is 9.88 Å². The van der Waals surface area contributed by atoms with Crippen LogP contribution >= 0.6 is 11.6 Å². The van der Waals surface area contributed by atoms with E-state index < -0.39 is 0 Å². The highest BCUT2D eigenvalue weighted by molar-refractivity contribution is 6.33. The molecule has 2 aliphatic rings. The van der Waals surface area contributed by atoms with E-state index in [1.54, 1.807) is 6.20 Å². The highest BCUT2D eigenvalue weighted by Crippen LogP contribution is 2.31. The number of morpholine rings is 1. The number of aromatic nitrogens is 1. The second-order valence-electron chi connectivity index (χ2n) is 5.43. The molecule has 3 rings (SSSR count). The fourth-order valence-corrected chi connectivity index (χ4v) is 3.39. The highest BCUT2D eigenvalue weighted by Gasteiger charge is 2.35. The molecule has 5 heteroatoms. The minimum atomic E-state index is 0.605. The van der Waals surface area contributed by atoms with Gasteiger partial charge in [-0.05, 0) is 12.0 Å². The standard InChI is InChI=1S/C14H20ClN3O/c1-11-9-18(13-2-3-16-8-12(13)15)10-14(11)17-4-6-19-7-5-17/h2-3,8,11,14H,4-7,9-10H2,1H3/t11-,14-/m1/s1. The minimum Gasteiger partial charge on any atom is -0.379 e.